The zero-order chi connectivity index (χ0) is 15.1. The van der Waals surface area contributed by atoms with Gasteiger partial charge in [0.05, 0.1) is 6.61 Å². The Morgan fingerprint density at radius 3 is 2.15 bits per heavy atom. The highest BCUT2D eigenvalue weighted by Crippen LogP contribution is 2.09. The fourth-order valence-electron chi connectivity index (χ4n) is 2.14. The first-order valence-corrected chi connectivity index (χ1v) is 8.34. The van der Waals surface area contributed by atoms with Crippen molar-refractivity contribution in [3.8, 4) is 0 Å². The Hall–Kier alpha value is -0.610. The van der Waals surface area contributed by atoms with Gasteiger partial charge in [0.2, 0.25) is 0 Å². The number of hydrogen-bond donors (Lipinski definition) is 2. The molecule has 0 radical (unpaired) electrons. The van der Waals surface area contributed by atoms with Gasteiger partial charge in [-0.3, -0.25) is 4.79 Å². The Morgan fingerprint density at radius 2 is 1.55 bits per heavy atom. The van der Waals surface area contributed by atoms with Gasteiger partial charge in [-0.25, -0.2) is 0 Å². The molecular weight excluding hydrogens is 252 g/mol. The average Bonchev–Trinajstić information content (AvgIpc) is 2.46. The smallest absolute Gasteiger partial charge is 0.322 e. The first-order valence-electron chi connectivity index (χ1n) is 8.34. The summed E-state index contributed by atoms with van der Waals surface area (Å²) in [6, 6.07) is -0.436. The van der Waals surface area contributed by atoms with Crippen molar-refractivity contribution in [2.75, 3.05) is 13.2 Å². The van der Waals surface area contributed by atoms with Gasteiger partial charge in [-0.15, -0.1) is 0 Å². The molecule has 0 saturated carbocycles. The van der Waals surface area contributed by atoms with Crippen LogP contribution in [0.25, 0.3) is 0 Å². The van der Waals surface area contributed by atoms with Gasteiger partial charge in [-0.1, -0.05) is 58.3 Å². The number of nitrogens with two attached hydrogens (primary N) is 2. The van der Waals surface area contributed by atoms with Crippen molar-refractivity contribution in [1.82, 2.24) is 0 Å². The summed E-state index contributed by atoms with van der Waals surface area (Å²) in [7, 11) is 0. The van der Waals surface area contributed by atoms with E-state index in [1.54, 1.807) is 0 Å². The van der Waals surface area contributed by atoms with Gasteiger partial charge in [0.15, 0.2) is 0 Å². The van der Waals surface area contributed by atoms with Gasteiger partial charge in [0.25, 0.3) is 0 Å². The van der Waals surface area contributed by atoms with Crippen LogP contribution >= 0.6 is 0 Å². The van der Waals surface area contributed by atoms with E-state index in [4.69, 9.17) is 16.2 Å². The van der Waals surface area contributed by atoms with Crippen molar-refractivity contribution in [3.05, 3.63) is 0 Å². The molecule has 120 valence electrons. The molecule has 0 aliphatic heterocycles. The van der Waals surface area contributed by atoms with E-state index in [0.29, 0.717) is 6.61 Å². The lowest BCUT2D eigenvalue weighted by Gasteiger charge is -2.11. The molecule has 0 spiro atoms. The molecule has 0 aromatic rings. The Morgan fingerprint density at radius 1 is 0.950 bits per heavy atom. The minimum Gasteiger partial charge on any atom is -0.465 e. The molecule has 0 bridgehead atoms. The van der Waals surface area contributed by atoms with Crippen LogP contribution in [0, 0.1) is 0 Å². The number of carbonyl (C=O) groups excluding carboxylic acids is 1. The molecule has 4 heteroatoms. The highest BCUT2D eigenvalue weighted by atomic mass is 16.5. The Kier molecular flexibility index (Phi) is 14.3. The highest BCUT2D eigenvalue weighted by Gasteiger charge is 2.13. The van der Waals surface area contributed by atoms with E-state index in [2.05, 4.69) is 6.92 Å². The lowest BCUT2D eigenvalue weighted by atomic mass is 10.1. The molecule has 4 N–H and O–H groups in total. The fourth-order valence-corrected chi connectivity index (χ4v) is 2.14. The maximum absolute atomic E-state index is 11.6. The van der Waals surface area contributed by atoms with Crippen LogP contribution in [0.3, 0.4) is 0 Å². The van der Waals surface area contributed by atoms with E-state index < -0.39 is 6.04 Å². The second-order valence-electron chi connectivity index (χ2n) is 5.53. The molecule has 0 saturated heterocycles. The number of ether oxygens (including phenoxy) is 1. The molecular formula is C16H34N2O2. The zero-order valence-electron chi connectivity index (χ0n) is 13.2. The quantitative estimate of drug-likeness (QED) is 0.380. The lowest BCUT2D eigenvalue weighted by Crippen LogP contribution is -2.32. The molecule has 0 aromatic carbocycles. The number of hydrogen-bond acceptors (Lipinski definition) is 4. The van der Waals surface area contributed by atoms with Crippen LogP contribution in [0.5, 0.6) is 0 Å². The van der Waals surface area contributed by atoms with E-state index in [1.807, 2.05) is 0 Å². The SMILES string of the molecule is CCCCCOC(=O)C(N)CCCCCCCCCN. The van der Waals surface area contributed by atoms with Crippen molar-refractivity contribution in [3.63, 3.8) is 0 Å². The standard InChI is InChI=1S/C16H34N2O2/c1-2-3-11-14-20-16(19)15(18)12-9-7-5-4-6-8-10-13-17/h15H,2-14,17-18H2,1H3. The third-order valence-electron chi connectivity index (χ3n) is 3.51. The van der Waals surface area contributed by atoms with Gasteiger partial charge in [0, 0.05) is 0 Å². The van der Waals surface area contributed by atoms with Crippen LogP contribution in [-0.2, 0) is 9.53 Å². The Balaban J connectivity index is 3.34. The summed E-state index contributed by atoms with van der Waals surface area (Å²) in [4.78, 5) is 11.6. The summed E-state index contributed by atoms with van der Waals surface area (Å²) in [5, 5.41) is 0. The van der Waals surface area contributed by atoms with Crippen LogP contribution in [0.2, 0.25) is 0 Å². The topological polar surface area (TPSA) is 78.3 Å². The van der Waals surface area contributed by atoms with Crippen LogP contribution in [0.1, 0.15) is 77.6 Å². The van der Waals surface area contributed by atoms with E-state index in [-0.39, 0.29) is 5.97 Å². The number of rotatable bonds is 14. The van der Waals surface area contributed by atoms with Crippen LogP contribution < -0.4 is 11.5 Å². The second kappa shape index (κ2) is 14.8. The minimum atomic E-state index is -0.436. The summed E-state index contributed by atoms with van der Waals surface area (Å²) in [6.07, 6.45) is 12.2. The normalized spacial score (nSPS) is 12.3. The van der Waals surface area contributed by atoms with Crippen molar-refractivity contribution >= 4 is 5.97 Å². The number of esters is 1. The molecule has 0 fully saturated rings. The third-order valence-corrected chi connectivity index (χ3v) is 3.51. The van der Waals surface area contributed by atoms with E-state index in [1.165, 1.54) is 25.7 Å². The summed E-state index contributed by atoms with van der Waals surface area (Å²) in [6.45, 7) is 3.44. The second-order valence-corrected chi connectivity index (χ2v) is 5.53. The van der Waals surface area contributed by atoms with Gasteiger partial charge in [0.1, 0.15) is 6.04 Å². The predicted octanol–water partition coefficient (Wildman–Crippen LogP) is 3.13. The lowest BCUT2D eigenvalue weighted by molar-refractivity contribution is -0.145. The molecule has 0 amide bonds. The van der Waals surface area contributed by atoms with Crippen molar-refractivity contribution in [2.45, 2.75) is 83.6 Å². The Labute approximate surface area is 124 Å². The monoisotopic (exact) mass is 286 g/mol. The molecule has 1 atom stereocenters. The summed E-state index contributed by atoms with van der Waals surface area (Å²) < 4.78 is 5.15. The van der Waals surface area contributed by atoms with Crippen LogP contribution in [-0.4, -0.2) is 25.2 Å². The minimum absolute atomic E-state index is 0.232. The molecule has 0 rings (SSSR count). The molecule has 20 heavy (non-hydrogen) atoms. The van der Waals surface area contributed by atoms with E-state index in [0.717, 1.165) is 51.5 Å². The van der Waals surface area contributed by atoms with Crippen molar-refractivity contribution < 1.29 is 9.53 Å². The van der Waals surface area contributed by atoms with Gasteiger partial charge in [-0.2, -0.15) is 0 Å². The van der Waals surface area contributed by atoms with Gasteiger partial charge >= 0.3 is 5.97 Å². The predicted molar refractivity (Wildman–Crippen MR) is 84.4 cm³/mol. The summed E-state index contributed by atoms with van der Waals surface area (Å²) in [5.41, 5.74) is 11.3. The summed E-state index contributed by atoms with van der Waals surface area (Å²) in [5.74, 6) is -0.232. The molecule has 0 aromatic heterocycles. The van der Waals surface area contributed by atoms with Crippen LogP contribution in [0.4, 0.5) is 0 Å². The number of carbonyl (C=O) groups is 1. The maximum Gasteiger partial charge on any atom is 0.322 e. The number of unbranched alkanes of at least 4 members (excludes halogenated alkanes) is 8. The molecule has 1 unspecified atom stereocenters. The average molecular weight is 286 g/mol. The van der Waals surface area contributed by atoms with E-state index >= 15 is 0 Å². The molecule has 4 nitrogen and oxygen atoms in total. The van der Waals surface area contributed by atoms with E-state index in [9.17, 15) is 4.79 Å². The van der Waals surface area contributed by atoms with Crippen LogP contribution in [0.15, 0.2) is 0 Å². The summed E-state index contributed by atoms with van der Waals surface area (Å²) >= 11 is 0. The fraction of sp³-hybridized carbons (Fsp3) is 0.938. The molecule has 0 aliphatic carbocycles. The molecule has 0 heterocycles. The first-order chi connectivity index (χ1) is 9.72. The third kappa shape index (κ3) is 12.4. The van der Waals surface area contributed by atoms with Gasteiger partial charge < -0.3 is 16.2 Å². The van der Waals surface area contributed by atoms with Gasteiger partial charge in [-0.05, 0) is 25.8 Å². The van der Waals surface area contributed by atoms with Crippen molar-refractivity contribution in [2.24, 2.45) is 11.5 Å². The highest BCUT2D eigenvalue weighted by molar-refractivity contribution is 5.75. The zero-order valence-corrected chi connectivity index (χ0v) is 13.2. The van der Waals surface area contributed by atoms with Crippen molar-refractivity contribution in [1.29, 1.82) is 0 Å². The first kappa shape index (κ1) is 19.4. The Bertz CT molecular complexity index is 223. The maximum atomic E-state index is 11.6. The molecule has 0 aliphatic rings. The largest absolute Gasteiger partial charge is 0.465 e.